The van der Waals surface area contributed by atoms with Crippen LogP contribution in [0.2, 0.25) is 0 Å². The molecule has 1 saturated heterocycles. The van der Waals surface area contributed by atoms with Crippen molar-refractivity contribution in [2.45, 2.75) is 39.3 Å². The van der Waals surface area contributed by atoms with Gasteiger partial charge in [-0.15, -0.1) is 0 Å². The number of amides is 2. The van der Waals surface area contributed by atoms with Crippen LogP contribution in [0.1, 0.15) is 37.8 Å². The third-order valence-electron chi connectivity index (χ3n) is 5.89. The van der Waals surface area contributed by atoms with Gasteiger partial charge in [-0.2, -0.15) is 0 Å². The fraction of sp³-hybridized carbons (Fsp3) is 0.440. The van der Waals surface area contributed by atoms with Gasteiger partial charge in [-0.05, 0) is 40.8 Å². The van der Waals surface area contributed by atoms with Gasteiger partial charge in [-0.3, -0.25) is 4.90 Å². The summed E-state index contributed by atoms with van der Waals surface area (Å²) in [6.07, 6.45) is 0. The molecule has 0 aliphatic carbocycles. The molecule has 0 saturated carbocycles. The minimum absolute atomic E-state index is 0.0379. The summed E-state index contributed by atoms with van der Waals surface area (Å²) in [6.45, 7) is 10.7. The van der Waals surface area contributed by atoms with E-state index < -0.39 is 0 Å². The molecule has 2 aromatic carbocycles. The van der Waals surface area contributed by atoms with Gasteiger partial charge in [-0.1, -0.05) is 39.0 Å². The lowest BCUT2D eigenvalue weighted by Gasteiger charge is -2.34. The first-order valence-electron chi connectivity index (χ1n) is 11.1. The molecule has 2 amide bonds. The molecule has 0 atom stereocenters. The maximum absolute atomic E-state index is 12.6. The van der Waals surface area contributed by atoms with Crippen molar-refractivity contribution in [1.82, 2.24) is 20.1 Å². The lowest BCUT2D eigenvalue weighted by atomic mass is 9.87. The number of fused-ring (bicyclic) bond motifs is 1. The molecular formula is C25H32N4O3. The average Bonchev–Trinajstić information content (AvgIpc) is 3.19. The summed E-state index contributed by atoms with van der Waals surface area (Å²) in [5, 5.41) is 3.00. The number of carbonyl (C=O) groups excluding carboxylic acids is 1. The van der Waals surface area contributed by atoms with E-state index in [1.807, 2.05) is 35.2 Å². The van der Waals surface area contributed by atoms with Crippen LogP contribution in [0.5, 0.6) is 5.75 Å². The van der Waals surface area contributed by atoms with Gasteiger partial charge in [0.15, 0.2) is 5.58 Å². The van der Waals surface area contributed by atoms with Gasteiger partial charge >= 0.3 is 6.03 Å². The quantitative estimate of drug-likeness (QED) is 0.650. The normalized spacial score (nSPS) is 15.2. The lowest BCUT2D eigenvalue weighted by Crippen LogP contribution is -2.51. The Bertz CT molecular complexity index is 1080. The van der Waals surface area contributed by atoms with Crippen molar-refractivity contribution in [3.63, 3.8) is 0 Å². The van der Waals surface area contributed by atoms with Gasteiger partial charge in [0.1, 0.15) is 11.3 Å². The molecule has 7 nitrogen and oxygen atoms in total. The zero-order chi connectivity index (χ0) is 22.7. The zero-order valence-electron chi connectivity index (χ0n) is 19.4. The van der Waals surface area contributed by atoms with Crippen molar-refractivity contribution in [3.8, 4) is 5.75 Å². The number of ether oxygens (including phenoxy) is 1. The van der Waals surface area contributed by atoms with Crippen LogP contribution in [0.15, 0.2) is 46.9 Å². The first kappa shape index (κ1) is 22.1. The van der Waals surface area contributed by atoms with E-state index in [-0.39, 0.29) is 11.4 Å². The minimum atomic E-state index is -0.0379. The summed E-state index contributed by atoms with van der Waals surface area (Å²) in [4.78, 5) is 21.4. The number of benzene rings is 2. The second-order valence-electron chi connectivity index (χ2n) is 9.31. The fourth-order valence-corrected chi connectivity index (χ4v) is 3.88. The van der Waals surface area contributed by atoms with Crippen molar-refractivity contribution in [1.29, 1.82) is 0 Å². The van der Waals surface area contributed by atoms with Gasteiger partial charge in [0, 0.05) is 32.7 Å². The van der Waals surface area contributed by atoms with Crippen molar-refractivity contribution < 1.29 is 13.9 Å². The molecule has 1 aliphatic heterocycles. The second-order valence-corrected chi connectivity index (χ2v) is 9.31. The Morgan fingerprint density at radius 2 is 1.91 bits per heavy atom. The number of hydrogen-bond donors (Lipinski definition) is 1. The largest absolute Gasteiger partial charge is 0.497 e. The number of carbonyl (C=O) groups is 1. The Hall–Kier alpha value is -3.06. The molecule has 0 unspecified atom stereocenters. The van der Waals surface area contributed by atoms with E-state index in [0.717, 1.165) is 41.4 Å². The average molecular weight is 437 g/mol. The van der Waals surface area contributed by atoms with E-state index in [1.54, 1.807) is 7.11 Å². The highest BCUT2D eigenvalue weighted by Gasteiger charge is 2.23. The minimum Gasteiger partial charge on any atom is -0.497 e. The second kappa shape index (κ2) is 9.20. The van der Waals surface area contributed by atoms with Crippen LogP contribution in [0.3, 0.4) is 0 Å². The first-order chi connectivity index (χ1) is 15.3. The molecule has 0 radical (unpaired) electrons. The van der Waals surface area contributed by atoms with Crippen LogP contribution in [0.25, 0.3) is 11.1 Å². The highest BCUT2D eigenvalue weighted by Crippen LogP contribution is 2.26. The lowest BCUT2D eigenvalue weighted by molar-refractivity contribution is 0.129. The predicted octanol–water partition coefficient (Wildman–Crippen LogP) is 4.16. The van der Waals surface area contributed by atoms with Crippen LogP contribution in [0, 0.1) is 0 Å². The molecular weight excluding hydrogens is 404 g/mol. The molecule has 2 heterocycles. The number of methoxy groups -OCH3 is 1. The highest BCUT2D eigenvalue weighted by atomic mass is 16.5. The molecule has 4 rings (SSSR count). The van der Waals surface area contributed by atoms with E-state index in [2.05, 4.69) is 43.1 Å². The maximum atomic E-state index is 12.6. The Balaban J connectivity index is 1.28. The third-order valence-corrected chi connectivity index (χ3v) is 5.89. The summed E-state index contributed by atoms with van der Waals surface area (Å²) >= 11 is 0. The Morgan fingerprint density at radius 3 is 2.62 bits per heavy atom. The van der Waals surface area contributed by atoms with E-state index in [0.29, 0.717) is 26.2 Å². The predicted molar refractivity (Wildman–Crippen MR) is 125 cm³/mol. The summed E-state index contributed by atoms with van der Waals surface area (Å²) in [6, 6.07) is 13.9. The number of nitrogens with one attached hydrogen (secondary N) is 1. The SMILES string of the molecule is COc1cccc(CNC(=O)N2CCN(Cc3nc4cc(C(C)(C)C)ccc4o3)CC2)c1. The van der Waals surface area contributed by atoms with Gasteiger partial charge in [0.25, 0.3) is 0 Å². The Labute approximate surface area is 189 Å². The first-order valence-corrected chi connectivity index (χ1v) is 11.1. The number of nitrogens with zero attached hydrogens (tertiary/aromatic N) is 3. The van der Waals surface area contributed by atoms with Crippen LogP contribution in [-0.2, 0) is 18.5 Å². The van der Waals surface area contributed by atoms with Crippen molar-refractivity contribution >= 4 is 17.1 Å². The summed E-state index contributed by atoms with van der Waals surface area (Å²) in [7, 11) is 1.64. The monoisotopic (exact) mass is 436 g/mol. The fourth-order valence-electron chi connectivity index (χ4n) is 3.88. The molecule has 7 heteroatoms. The summed E-state index contributed by atoms with van der Waals surface area (Å²) in [5.74, 6) is 1.51. The van der Waals surface area contributed by atoms with Gasteiger partial charge in [0.2, 0.25) is 5.89 Å². The Morgan fingerprint density at radius 1 is 1.12 bits per heavy atom. The van der Waals surface area contributed by atoms with Crippen LogP contribution in [0.4, 0.5) is 4.79 Å². The molecule has 1 aliphatic rings. The number of hydrogen-bond acceptors (Lipinski definition) is 5. The molecule has 1 fully saturated rings. The molecule has 170 valence electrons. The molecule has 0 spiro atoms. The van der Waals surface area contributed by atoms with Crippen LogP contribution < -0.4 is 10.1 Å². The molecule has 3 aromatic rings. The number of oxazole rings is 1. The van der Waals surface area contributed by atoms with Crippen LogP contribution >= 0.6 is 0 Å². The van der Waals surface area contributed by atoms with Gasteiger partial charge < -0.3 is 19.4 Å². The van der Waals surface area contributed by atoms with Crippen molar-refractivity contribution in [2.24, 2.45) is 0 Å². The van der Waals surface area contributed by atoms with Crippen molar-refractivity contribution in [2.75, 3.05) is 33.3 Å². The van der Waals surface area contributed by atoms with E-state index in [9.17, 15) is 4.79 Å². The number of piperazine rings is 1. The van der Waals surface area contributed by atoms with E-state index in [1.165, 1.54) is 5.56 Å². The smallest absolute Gasteiger partial charge is 0.317 e. The van der Waals surface area contributed by atoms with Crippen molar-refractivity contribution in [3.05, 3.63) is 59.5 Å². The third kappa shape index (κ3) is 5.22. The summed E-state index contributed by atoms with van der Waals surface area (Å²) in [5.41, 5.74) is 4.07. The maximum Gasteiger partial charge on any atom is 0.317 e. The molecule has 1 N–H and O–H groups in total. The van der Waals surface area contributed by atoms with Gasteiger partial charge in [-0.25, -0.2) is 9.78 Å². The highest BCUT2D eigenvalue weighted by molar-refractivity contribution is 5.74. The molecule has 0 bridgehead atoms. The van der Waals surface area contributed by atoms with E-state index >= 15 is 0 Å². The number of aromatic nitrogens is 1. The van der Waals surface area contributed by atoms with E-state index in [4.69, 9.17) is 14.1 Å². The van der Waals surface area contributed by atoms with Crippen LogP contribution in [-0.4, -0.2) is 54.1 Å². The summed E-state index contributed by atoms with van der Waals surface area (Å²) < 4.78 is 11.2. The standard InChI is InChI=1S/C25H32N4O3/c1-25(2,3)19-8-9-22-21(15-19)27-23(32-22)17-28-10-12-29(13-11-28)24(30)26-16-18-6-5-7-20(14-18)31-4/h5-9,14-15H,10-13,16-17H2,1-4H3,(H,26,30). The number of urea groups is 1. The Kier molecular flexibility index (Phi) is 6.37. The zero-order valence-corrected chi connectivity index (χ0v) is 19.4. The topological polar surface area (TPSA) is 70.8 Å². The molecule has 1 aromatic heterocycles. The molecule has 32 heavy (non-hydrogen) atoms. The van der Waals surface area contributed by atoms with Gasteiger partial charge in [0.05, 0.1) is 13.7 Å². The number of rotatable bonds is 5.